The quantitative estimate of drug-likeness (QED) is 0.795. The molecular formula is C14H23NO4. The van der Waals surface area contributed by atoms with Gasteiger partial charge >= 0.3 is 6.09 Å². The van der Waals surface area contributed by atoms with Gasteiger partial charge in [0.1, 0.15) is 6.61 Å². The number of amides is 2. The Bertz CT molecular complexity index is 397. The van der Waals surface area contributed by atoms with E-state index in [-0.39, 0.29) is 18.1 Å². The zero-order valence-electron chi connectivity index (χ0n) is 12.3. The molecule has 0 aromatic rings. The number of imide groups is 1. The fourth-order valence-electron chi connectivity index (χ4n) is 2.08. The lowest BCUT2D eigenvalue weighted by molar-refractivity contribution is -0.137. The SMILES string of the molecule is C=C(C)[C@H](O)[C@H](C)C(=O)N1C(=O)OC[C@@H]1C(C)(C)C. The fraction of sp³-hybridized carbons (Fsp3) is 0.714. The molecule has 1 aliphatic heterocycles. The molecule has 0 unspecified atom stereocenters. The average Bonchev–Trinajstić information content (AvgIpc) is 2.67. The largest absolute Gasteiger partial charge is 0.447 e. The van der Waals surface area contributed by atoms with Crippen LogP contribution in [0.3, 0.4) is 0 Å². The number of nitrogens with zero attached hydrogens (tertiary/aromatic N) is 1. The van der Waals surface area contributed by atoms with Gasteiger partial charge in [0.05, 0.1) is 18.1 Å². The van der Waals surface area contributed by atoms with Crippen molar-refractivity contribution in [2.24, 2.45) is 11.3 Å². The van der Waals surface area contributed by atoms with Crippen molar-refractivity contribution in [2.75, 3.05) is 6.61 Å². The molecule has 0 aliphatic carbocycles. The lowest BCUT2D eigenvalue weighted by Crippen LogP contribution is -2.49. The van der Waals surface area contributed by atoms with Gasteiger partial charge < -0.3 is 9.84 Å². The van der Waals surface area contributed by atoms with Crippen molar-refractivity contribution in [1.82, 2.24) is 4.90 Å². The summed E-state index contributed by atoms with van der Waals surface area (Å²) in [6.45, 7) is 12.9. The highest BCUT2D eigenvalue weighted by Crippen LogP contribution is 2.31. The summed E-state index contributed by atoms with van der Waals surface area (Å²) >= 11 is 0. The van der Waals surface area contributed by atoms with Gasteiger partial charge in [-0.25, -0.2) is 9.69 Å². The first-order chi connectivity index (χ1) is 8.57. The lowest BCUT2D eigenvalue weighted by Gasteiger charge is -2.33. The number of carbonyl (C=O) groups excluding carboxylic acids is 2. The molecule has 1 heterocycles. The maximum Gasteiger partial charge on any atom is 0.417 e. The number of ether oxygens (including phenoxy) is 1. The molecule has 108 valence electrons. The second-order valence-corrected chi connectivity index (χ2v) is 6.25. The third-order valence-electron chi connectivity index (χ3n) is 3.48. The van der Waals surface area contributed by atoms with Crippen LogP contribution in [0.15, 0.2) is 12.2 Å². The summed E-state index contributed by atoms with van der Waals surface area (Å²) in [5.41, 5.74) is 0.233. The second kappa shape index (κ2) is 5.33. The topological polar surface area (TPSA) is 66.8 Å². The van der Waals surface area contributed by atoms with E-state index >= 15 is 0 Å². The molecule has 0 aromatic heterocycles. The van der Waals surface area contributed by atoms with Crippen LogP contribution >= 0.6 is 0 Å². The molecule has 2 amide bonds. The van der Waals surface area contributed by atoms with E-state index in [2.05, 4.69) is 6.58 Å². The molecule has 1 fully saturated rings. The van der Waals surface area contributed by atoms with Gasteiger partial charge in [0.15, 0.2) is 0 Å². The maximum absolute atomic E-state index is 12.4. The van der Waals surface area contributed by atoms with Gasteiger partial charge in [-0.15, -0.1) is 0 Å². The van der Waals surface area contributed by atoms with Crippen molar-refractivity contribution in [3.8, 4) is 0 Å². The minimum absolute atomic E-state index is 0.198. The third-order valence-corrected chi connectivity index (χ3v) is 3.48. The number of hydrogen-bond donors (Lipinski definition) is 1. The molecule has 1 N–H and O–H groups in total. The Morgan fingerprint density at radius 2 is 2.05 bits per heavy atom. The zero-order valence-corrected chi connectivity index (χ0v) is 12.3. The Morgan fingerprint density at radius 1 is 1.53 bits per heavy atom. The van der Waals surface area contributed by atoms with E-state index in [1.807, 2.05) is 20.8 Å². The summed E-state index contributed by atoms with van der Waals surface area (Å²) in [7, 11) is 0. The predicted octanol–water partition coefficient (Wildman–Crippen LogP) is 1.95. The molecular weight excluding hydrogens is 246 g/mol. The van der Waals surface area contributed by atoms with Gasteiger partial charge in [0.2, 0.25) is 5.91 Å². The molecule has 1 rings (SSSR count). The van der Waals surface area contributed by atoms with Crippen LogP contribution in [0, 0.1) is 11.3 Å². The first-order valence-corrected chi connectivity index (χ1v) is 6.40. The van der Waals surface area contributed by atoms with Crippen molar-refractivity contribution in [3.63, 3.8) is 0 Å². The van der Waals surface area contributed by atoms with Crippen molar-refractivity contribution in [3.05, 3.63) is 12.2 Å². The van der Waals surface area contributed by atoms with Crippen molar-refractivity contribution >= 4 is 12.0 Å². The van der Waals surface area contributed by atoms with E-state index in [1.165, 1.54) is 0 Å². The van der Waals surface area contributed by atoms with Gasteiger partial charge in [-0.1, -0.05) is 39.8 Å². The van der Waals surface area contributed by atoms with E-state index in [0.29, 0.717) is 5.57 Å². The standard InChI is InChI=1S/C14H23NO4/c1-8(2)11(16)9(3)12(17)15-10(14(4,5)6)7-19-13(15)18/h9-11,16H,1,7H2,2-6H3/t9-,10+,11-/m0/s1. The van der Waals surface area contributed by atoms with Gasteiger partial charge in [0, 0.05) is 0 Å². The van der Waals surface area contributed by atoms with E-state index in [1.54, 1.807) is 13.8 Å². The highest BCUT2D eigenvalue weighted by Gasteiger charge is 2.46. The van der Waals surface area contributed by atoms with E-state index in [0.717, 1.165) is 4.90 Å². The fourth-order valence-corrected chi connectivity index (χ4v) is 2.08. The molecule has 5 heteroatoms. The molecule has 0 aromatic carbocycles. The third kappa shape index (κ3) is 3.15. The van der Waals surface area contributed by atoms with Crippen LogP contribution in [0.5, 0.6) is 0 Å². The van der Waals surface area contributed by atoms with Gasteiger partial charge in [0.25, 0.3) is 0 Å². The molecule has 3 atom stereocenters. The first kappa shape index (κ1) is 15.7. The number of cyclic esters (lactones) is 1. The predicted molar refractivity (Wildman–Crippen MR) is 71.4 cm³/mol. The van der Waals surface area contributed by atoms with E-state index in [9.17, 15) is 14.7 Å². The average molecular weight is 269 g/mol. The van der Waals surface area contributed by atoms with Crippen LogP contribution in [0.1, 0.15) is 34.6 Å². The Kier molecular flexibility index (Phi) is 4.40. The monoisotopic (exact) mass is 269 g/mol. The maximum atomic E-state index is 12.4. The minimum Gasteiger partial charge on any atom is -0.447 e. The molecule has 0 saturated carbocycles. The van der Waals surface area contributed by atoms with Gasteiger partial charge in [-0.3, -0.25) is 4.79 Å². The van der Waals surface area contributed by atoms with E-state index < -0.39 is 24.0 Å². The first-order valence-electron chi connectivity index (χ1n) is 6.40. The van der Waals surface area contributed by atoms with Gasteiger partial charge in [-0.05, 0) is 12.3 Å². The van der Waals surface area contributed by atoms with Crippen LogP contribution in [0.2, 0.25) is 0 Å². The Balaban J connectivity index is 2.96. The summed E-state index contributed by atoms with van der Waals surface area (Å²) in [5.74, 6) is -1.13. The van der Waals surface area contributed by atoms with Crippen molar-refractivity contribution < 1.29 is 19.4 Å². The van der Waals surface area contributed by atoms with Crippen molar-refractivity contribution in [1.29, 1.82) is 0 Å². The van der Waals surface area contributed by atoms with Crippen LogP contribution in [0.25, 0.3) is 0 Å². The van der Waals surface area contributed by atoms with Crippen LogP contribution in [-0.4, -0.2) is 40.8 Å². The molecule has 1 saturated heterocycles. The normalized spacial score (nSPS) is 22.9. The number of carbonyl (C=O) groups is 2. The summed E-state index contributed by atoms with van der Waals surface area (Å²) in [4.78, 5) is 25.3. The molecule has 0 spiro atoms. The lowest BCUT2D eigenvalue weighted by atomic mass is 9.86. The summed E-state index contributed by atoms with van der Waals surface area (Å²) < 4.78 is 4.98. The van der Waals surface area contributed by atoms with Gasteiger partial charge in [-0.2, -0.15) is 0 Å². The number of aliphatic hydroxyl groups excluding tert-OH is 1. The summed E-state index contributed by atoms with van der Waals surface area (Å²) in [5, 5.41) is 9.90. The Labute approximate surface area is 114 Å². The molecule has 1 aliphatic rings. The van der Waals surface area contributed by atoms with Crippen LogP contribution < -0.4 is 0 Å². The number of hydrogen-bond acceptors (Lipinski definition) is 4. The second-order valence-electron chi connectivity index (χ2n) is 6.25. The molecule has 19 heavy (non-hydrogen) atoms. The number of aliphatic hydroxyl groups is 1. The van der Waals surface area contributed by atoms with E-state index in [4.69, 9.17) is 4.74 Å². The zero-order chi connectivity index (χ0) is 15.0. The highest BCUT2D eigenvalue weighted by atomic mass is 16.6. The minimum atomic E-state index is -0.957. The Hall–Kier alpha value is -1.36. The van der Waals surface area contributed by atoms with Crippen LogP contribution in [-0.2, 0) is 9.53 Å². The molecule has 5 nitrogen and oxygen atoms in total. The van der Waals surface area contributed by atoms with Crippen molar-refractivity contribution in [2.45, 2.75) is 46.8 Å². The molecule has 0 bridgehead atoms. The summed E-state index contributed by atoms with van der Waals surface area (Å²) in [6.07, 6.45) is -1.59. The smallest absolute Gasteiger partial charge is 0.417 e. The van der Waals surface area contributed by atoms with Crippen LogP contribution in [0.4, 0.5) is 4.79 Å². The Morgan fingerprint density at radius 3 is 2.47 bits per heavy atom. The number of rotatable bonds is 3. The highest BCUT2D eigenvalue weighted by molar-refractivity contribution is 5.95. The summed E-state index contributed by atoms with van der Waals surface area (Å²) in [6, 6.07) is -0.313. The molecule has 0 radical (unpaired) electrons.